The summed E-state index contributed by atoms with van der Waals surface area (Å²) < 4.78 is 0. The van der Waals surface area contributed by atoms with Crippen molar-refractivity contribution in [1.82, 2.24) is 4.90 Å². The molecule has 27 heavy (non-hydrogen) atoms. The molecule has 1 aromatic rings. The van der Waals surface area contributed by atoms with Crippen LogP contribution in [0, 0.1) is 16.7 Å². The first kappa shape index (κ1) is 18.3. The number of anilines is 1. The monoisotopic (exact) mass is 367 g/mol. The van der Waals surface area contributed by atoms with Crippen LogP contribution in [0.5, 0.6) is 0 Å². The Hall–Kier alpha value is -2.06. The number of aliphatic hydroxyl groups is 1. The molecule has 0 aromatic heterocycles. The largest absolute Gasteiger partial charge is 0.393 e. The number of rotatable bonds is 3. The van der Waals surface area contributed by atoms with Crippen molar-refractivity contribution in [3.05, 3.63) is 29.8 Å². The van der Waals surface area contributed by atoms with Gasteiger partial charge in [0.05, 0.1) is 24.0 Å². The maximum atomic E-state index is 13.4. The highest BCUT2D eigenvalue weighted by Gasteiger charge is 2.50. The van der Waals surface area contributed by atoms with Gasteiger partial charge in [0.2, 0.25) is 5.91 Å². The molecular formula is C22H29N3O2. The summed E-state index contributed by atoms with van der Waals surface area (Å²) in [5.41, 5.74) is 1.92. The Morgan fingerprint density at radius 2 is 2.00 bits per heavy atom. The Kier molecular flexibility index (Phi) is 5.10. The molecule has 1 atom stereocenters. The zero-order valence-corrected chi connectivity index (χ0v) is 15.9. The molecule has 0 bridgehead atoms. The lowest BCUT2D eigenvalue weighted by atomic mass is 9.78. The average molecular weight is 367 g/mol. The zero-order valence-electron chi connectivity index (χ0n) is 15.9. The van der Waals surface area contributed by atoms with E-state index in [1.807, 2.05) is 12.1 Å². The first-order valence-electron chi connectivity index (χ1n) is 10.3. The fraction of sp³-hybridized carbons (Fsp3) is 0.636. The van der Waals surface area contributed by atoms with E-state index in [4.69, 9.17) is 5.26 Å². The lowest BCUT2D eigenvalue weighted by Gasteiger charge is -2.41. The third kappa shape index (κ3) is 3.55. The molecule has 4 rings (SSSR count). The van der Waals surface area contributed by atoms with Crippen molar-refractivity contribution in [2.24, 2.45) is 5.41 Å². The molecule has 1 spiro atoms. The van der Waals surface area contributed by atoms with Crippen LogP contribution >= 0.6 is 0 Å². The number of likely N-dealkylation sites (tertiary alicyclic amines) is 1. The molecule has 3 fully saturated rings. The summed E-state index contributed by atoms with van der Waals surface area (Å²) in [5.74, 6) is 0.335. The number of carbonyl (C=O) groups excluding carboxylic acids is 1. The summed E-state index contributed by atoms with van der Waals surface area (Å²) in [7, 11) is 0. The number of hydrogen-bond acceptors (Lipinski definition) is 4. The van der Waals surface area contributed by atoms with Crippen molar-refractivity contribution < 1.29 is 9.90 Å². The van der Waals surface area contributed by atoms with Crippen LogP contribution in [0.2, 0.25) is 0 Å². The van der Waals surface area contributed by atoms with Crippen LogP contribution < -0.4 is 4.90 Å². The van der Waals surface area contributed by atoms with E-state index in [2.05, 4.69) is 28.0 Å². The molecule has 2 aliphatic heterocycles. The second-order valence-electron chi connectivity index (χ2n) is 8.52. The van der Waals surface area contributed by atoms with Gasteiger partial charge in [-0.25, -0.2) is 0 Å². The number of nitriles is 1. The molecule has 0 radical (unpaired) electrons. The lowest BCUT2D eigenvalue weighted by Crippen LogP contribution is -2.50. The van der Waals surface area contributed by atoms with Crippen molar-refractivity contribution in [1.29, 1.82) is 5.26 Å². The van der Waals surface area contributed by atoms with E-state index in [0.29, 0.717) is 18.4 Å². The van der Waals surface area contributed by atoms with E-state index in [-0.39, 0.29) is 11.5 Å². The number of amides is 1. The van der Waals surface area contributed by atoms with E-state index >= 15 is 0 Å². The van der Waals surface area contributed by atoms with Crippen LogP contribution in [0.1, 0.15) is 50.5 Å². The van der Waals surface area contributed by atoms with Gasteiger partial charge in [-0.1, -0.05) is 12.1 Å². The van der Waals surface area contributed by atoms with Crippen molar-refractivity contribution in [3.63, 3.8) is 0 Å². The van der Waals surface area contributed by atoms with Gasteiger partial charge < -0.3 is 14.9 Å². The summed E-state index contributed by atoms with van der Waals surface area (Å²) in [5, 5.41) is 18.7. The molecule has 5 nitrogen and oxygen atoms in total. The predicted octanol–water partition coefficient (Wildman–Crippen LogP) is 2.88. The molecule has 1 saturated carbocycles. The topological polar surface area (TPSA) is 67.6 Å². The number of nitrogens with zero attached hydrogens (tertiary/aromatic N) is 3. The van der Waals surface area contributed by atoms with E-state index < -0.39 is 0 Å². The zero-order chi connectivity index (χ0) is 18.9. The third-order valence-electron chi connectivity index (χ3n) is 6.79. The first-order chi connectivity index (χ1) is 13.1. The lowest BCUT2D eigenvalue weighted by molar-refractivity contribution is -0.139. The SMILES string of the molecule is N#CCc1cccc(N2CCCC3(CCN([C@H]4CC[C@H](O)CC4)C3=O)C2)c1. The Bertz CT molecular complexity index is 735. The summed E-state index contributed by atoms with van der Waals surface area (Å²) in [6.07, 6.45) is 6.70. The second-order valence-corrected chi connectivity index (χ2v) is 8.52. The van der Waals surface area contributed by atoms with Crippen LogP contribution in [-0.4, -0.2) is 47.7 Å². The van der Waals surface area contributed by atoms with Gasteiger partial charge in [-0.05, 0) is 62.6 Å². The molecule has 1 unspecified atom stereocenters. The average Bonchev–Trinajstić information content (AvgIpc) is 2.99. The fourth-order valence-corrected chi connectivity index (χ4v) is 5.25. The molecule has 1 aliphatic carbocycles. The van der Waals surface area contributed by atoms with Gasteiger partial charge in [0.25, 0.3) is 0 Å². The minimum Gasteiger partial charge on any atom is -0.393 e. The van der Waals surface area contributed by atoms with Crippen LogP contribution in [0.25, 0.3) is 0 Å². The Balaban J connectivity index is 1.48. The second kappa shape index (κ2) is 7.52. The molecule has 1 aromatic carbocycles. The number of benzene rings is 1. The van der Waals surface area contributed by atoms with Gasteiger partial charge in [-0.15, -0.1) is 0 Å². The molecule has 1 amide bonds. The Labute approximate surface area is 161 Å². The van der Waals surface area contributed by atoms with Crippen LogP contribution in [0.4, 0.5) is 5.69 Å². The third-order valence-corrected chi connectivity index (χ3v) is 6.79. The minimum absolute atomic E-state index is 0.182. The number of carbonyl (C=O) groups is 1. The standard InChI is InChI=1S/C22H29N3O2/c23-12-9-17-3-1-4-19(15-17)24-13-2-10-22(16-24)11-14-25(21(22)27)18-5-7-20(26)8-6-18/h1,3-4,15,18,20,26H,2,5-11,13-14,16H2/t18-,20-,22?. The van der Waals surface area contributed by atoms with Crippen molar-refractivity contribution in [2.45, 2.75) is 63.5 Å². The highest BCUT2D eigenvalue weighted by Crippen LogP contribution is 2.43. The summed E-state index contributed by atoms with van der Waals surface area (Å²) in [6.45, 7) is 2.62. The summed E-state index contributed by atoms with van der Waals surface area (Å²) >= 11 is 0. The van der Waals surface area contributed by atoms with E-state index in [1.165, 1.54) is 0 Å². The number of aliphatic hydroxyl groups excluding tert-OH is 1. The van der Waals surface area contributed by atoms with Crippen LogP contribution in [0.15, 0.2) is 24.3 Å². The summed E-state index contributed by atoms with van der Waals surface area (Å²) in [6, 6.07) is 10.7. The van der Waals surface area contributed by atoms with Gasteiger partial charge >= 0.3 is 0 Å². The maximum Gasteiger partial charge on any atom is 0.230 e. The van der Waals surface area contributed by atoms with Gasteiger partial charge in [0.1, 0.15) is 0 Å². The fourth-order valence-electron chi connectivity index (χ4n) is 5.25. The Morgan fingerprint density at radius 3 is 2.78 bits per heavy atom. The van der Waals surface area contributed by atoms with Gasteiger partial charge in [-0.3, -0.25) is 4.79 Å². The van der Waals surface area contributed by atoms with E-state index in [0.717, 1.165) is 75.8 Å². The van der Waals surface area contributed by atoms with E-state index in [9.17, 15) is 9.90 Å². The molecule has 1 N–H and O–H groups in total. The highest BCUT2D eigenvalue weighted by molar-refractivity contribution is 5.86. The summed E-state index contributed by atoms with van der Waals surface area (Å²) in [4.78, 5) is 17.9. The maximum absolute atomic E-state index is 13.4. The quantitative estimate of drug-likeness (QED) is 0.892. The molecule has 2 heterocycles. The molecule has 5 heteroatoms. The predicted molar refractivity (Wildman–Crippen MR) is 104 cm³/mol. The van der Waals surface area contributed by atoms with Crippen LogP contribution in [-0.2, 0) is 11.2 Å². The van der Waals surface area contributed by atoms with Gasteiger partial charge in [-0.2, -0.15) is 5.26 Å². The van der Waals surface area contributed by atoms with Crippen LogP contribution in [0.3, 0.4) is 0 Å². The van der Waals surface area contributed by atoms with Crippen molar-refractivity contribution in [2.75, 3.05) is 24.5 Å². The van der Waals surface area contributed by atoms with Gasteiger partial charge in [0, 0.05) is 31.4 Å². The van der Waals surface area contributed by atoms with Gasteiger partial charge in [0.15, 0.2) is 0 Å². The molecule has 3 aliphatic rings. The minimum atomic E-state index is -0.250. The van der Waals surface area contributed by atoms with Crippen molar-refractivity contribution in [3.8, 4) is 6.07 Å². The number of piperidine rings is 1. The molecular weight excluding hydrogens is 338 g/mol. The van der Waals surface area contributed by atoms with Crippen molar-refractivity contribution >= 4 is 11.6 Å². The highest BCUT2D eigenvalue weighted by atomic mass is 16.3. The smallest absolute Gasteiger partial charge is 0.230 e. The van der Waals surface area contributed by atoms with E-state index in [1.54, 1.807) is 0 Å². The number of hydrogen-bond donors (Lipinski definition) is 1. The molecule has 144 valence electrons. The molecule has 2 saturated heterocycles. The normalized spacial score (nSPS) is 31.3. The Morgan fingerprint density at radius 1 is 1.19 bits per heavy atom. The first-order valence-corrected chi connectivity index (χ1v) is 10.3.